The number of nitrogens with one attached hydrogen (secondary N) is 1. The van der Waals surface area contributed by atoms with Crippen LogP contribution in [0.2, 0.25) is 0 Å². The largest absolute Gasteiger partial charge is 0.494 e. The van der Waals surface area contributed by atoms with Gasteiger partial charge in [0.1, 0.15) is 34.4 Å². The van der Waals surface area contributed by atoms with Gasteiger partial charge in [-0.1, -0.05) is 0 Å². The normalized spacial score (nSPS) is 10.5. The fourth-order valence-electron chi connectivity index (χ4n) is 2.79. The molecule has 0 saturated carbocycles. The summed E-state index contributed by atoms with van der Waals surface area (Å²) in [5, 5.41) is 20.7. The maximum absolute atomic E-state index is 11.9. The Labute approximate surface area is 194 Å². The smallest absolute Gasteiger partial charge is 0.231 e. The molecule has 0 aliphatic rings. The van der Waals surface area contributed by atoms with Crippen molar-refractivity contribution in [2.75, 3.05) is 59.0 Å². The number of benzene rings is 2. The van der Waals surface area contributed by atoms with Gasteiger partial charge in [0.15, 0.2) is 0 Å². The molecule has 0 fully saturated rings. The number of nitrogen functional groups attached to an aromatic ring is 1. The number of hydrogen-bond donors (Lipinski definition) is 4. The number of aliphatic hydroxyl groups excluding tert-OH is 2. The van der Waals surface area contributed by atoms with E-state index in [0.29, 0.717) is 45.5 Å². The van der Waals surface area contributed by atoms with Crippen molar-refractivity contribution in [3.63, 3.8) is 0 Å². The zero-order valence-electron chi connectivity index (χ0n) is 19.8. The molecule has 184 valence electrons. The Bertz CT molecular complexity index is 940. The first-order valence-corrected chi connectivity index (χ1v) is 12.6. The molecule has 0 heterocycles. The number of hydrogen-bond acceptors (Lipinski definition) is 9. The summed E-state index contributed by atoms with van der Waals surface area (Å²) in [4.78, 5) is 11.9. The van der Waals surface area contributed by atoms with Crippen molar-refractivity contribution < 1.29 is 38.5 Å². The molecular formula is C22H33N2O8P. The molecule has 0 aromatic heterocycles. The van der Waals surface area contributed by atoms with Crippen molar-refractivity contribution in [1.82, 2.24) is 0 Å². The highest BCUT2D eigenvalue weighted by molar-refractivity contribution is 7.63. The molecule has 0 saturated heterocycles. The van der Waals surface area contributed by atoms with E-state index < -0.39 is 7.14 Å². The van der Waals surface area contributed by atoms with Crippen molar-refractivity contribution in [3.8, 4) is 23.0 Å². The van der Waals surface area contributed by atoms with Crippen LogP contribution in [0.15, 0.2) is 24.3 Å². The first-order chi connectivity index (χ1) is 15.5. The van der Waals surface area contributed by atoms with Gasteiger partial charge < -0.3 is 44.8 Å². The zero-order chi connectivity index (χ0) is 25.2. The van der Waals surface area contributed by atoms with Crippen LogP contribution in [-0.4, -0.2) is 64.1 Å². The van der Waals surface area contributed by atoms with Gasteiger partial charge in [-0.2, -0.15) is 0 Å². The Morgan fingerprint density at radius 1 is 0.848 bits per heavy atom. The van der Waals surface area contributed by atoms with Crippen molar-refractivity contribution in [2.24, 2.45) is 0 Å². The van der Waals surface area contributed by atoms with Gasteiger partial charge in [0.05, 0.1) is 55.0 Å². The Kier molecular flexibility index (Phi) is 11.0. The van der Waals surface area contributed by atoms with E-state index in [0.717, 1.165) is 0 Å². The molecule has 0 atom stereocenters. The van der Waals surface area contributed by atoms with Gasteiger partial charge in [0.25, 0.3) is 0 Å². The number of nitrogens with two attached hydrogens (primary N) is 1. The second-order valence-electron chi connectivity index (χ2n) is 7.39. The molecule has 2 aromatic carbocycles. The number of carbonyl (C=O) groups is 1. The molecule has 0 radical (unpaired) electrons. The summed E-state index contributed by atoms with van der Waals surface area (Å²) < 4.78 is 32.1. The third-order valence-electron chi connectivity index (χ3n) is 4.32. The van der Waals surface area contributed by atoms with Crippen LogP contribution in [0, 0.1) is 0 Å². The van der Waals surface area contributed by atoms with E-state index in [4.69, 9.17) is 34.9 Å². The van der Waals surface area contributed by atoms with E-state index in [1.807, 2.05) is 0 Å². The molecule has 2 aromatic rings. The van der Waals surface area contributed by atoms with E-state index in [1.165, 1.54) is 28.4 Å². The second-order valence-corrected chi connectivity index (χ2v) is 10.8. The van der Waals surface area contributed by atoms with Gasteiger partial charge in [0.2, 0.25) is 5.91 Å². The Morgan fingerprint density at radius 3 is 1.52 bits per heavy atom. The summed E-state index contributed by atoms with van der Waals surface area (Å²) >= 11 is 0. The molecular weight excluding hydrogens is 451 g/mol. The zero-order valence-corrected chi connectivity index (χ0v) is 20.7. The van der Waals surface area contributed by atoms with Gasteiger partial charge in [0, 0.05) is 0 Å². The first-order valence-electron chi connectivity index (χ1n) is 9.84. The predicted octanol–water partition coefficient (Wildman–Crippen LogP) is 2.54. The number of aliphatic hydroxyl groups is 2. The van der Waals surface area contributed by atoms with Gasteiger partial charge >= 0.3 is 0 Å². The minimum atomic E-state index is -2.45. The molecule has 0 spiro atoms. The van der Waals surface area contributed by atoms with Crippen LogP contribution in [-0.2, 0) is 22.6 Å². The fraction of sp³-hybridized carbons (Fsp3) is 0.409. The predicted molar refractivity (Wildman–Crippen MR) is 128 cm³/mol. The third kappa shape index (κ3) is 8.49. The van der Waals surface area contributed by atoms with E-state index >= 15 is 0 Å². The molecule has 10 nitrogen and oxygen atoms in total. The SMILES string of the molecule is COc1cc(CO)cc(OC)c1N.COc1cc(CO)cc(OC)c1NC(=O)CP(C)(C)=O. The minimum Gasteiger partial charge on any atom is -0.494 e. The lowest BCUT2D eigenvalue weighted by atomic mass is 10.1. The van der Waals surface area contributed by atoms with Gasteiger partial charge in [-0.3, -0.25) is 4.79 Å². The second kappa shape index (κ2) is 12.9. The highest BCUT2D eigenvalue weighted by Crippen LogP contribution is 2.39. The number of carbonyl (C=O) groups excluding carboxylic acids is 1. The summed E-state index contributed by atoms with van der Waals surface area (Å²) in [6, 6.07) is 6.57. The van der Waals surface area contributed by atoms with Crippen LogP contribution in [0.5, 0.6) is 23.0 Å². The van der Waals surface area contributed by atoms with Gasteiger partial charge in [-0.05, 0) is 48.7 Å². The average Bonchev–Trinajstić information content (AvgIpc) is 2.78. The standard InChI is InChI=1S/C13H20NO5P.C9H13NO3/c1-18-10-5-9(7-15)6-11(19-2)13(10)14-12(16)8-20(3,4)17;1-12-7-3-6(5-11)4-8(13-2)9(7)10/h5-6,15H,7-8H2,1-4H3,(H,14,16);3-4,11H,5,10H2,1-2H3. The van der Waals surface area contributed by atoms with E-state index in [9.17, 15) is 9.36 Å². The monoisotopic (exact) mass is 484 g/mol. The van der Waals surface area contributed by atoms with Crippen LogP contribution >= 0.6 is 7.14 Å². The lowest BCUT2D eigenvalue weighted by molar-refractivity contribution is -0.113. The van der Waals surface area contributed by atoms with Crippen LogP contribution in [0.1, 0.15) is 11.1 Å². The molecule has 0 aliphatic carbocycles. The number of rotatable bonds is 9. The van der Waals surface area contributed by atoms with E-state index in [1.54, 1.807) is 37.6 Å². The van der Waals surface area contributed by atoms with Crippen LogP contribution in [0.25, 0.3) is 0 Å². The maximum Gasteiger partial charge on any atom is 0.231 e. The maximum atomic E-state index is 11.9. The van der Waals surface area contributed by atoms with Crippen molar-refractivity contribution in [3.05, 3.63) is 35.4 Å². The van der Waals surface area contributed by atoms with Gasteiger partial charge in [-0.25, -0.2) is 0 Å². The molecule has 0 aliphatic heterocycles. The Hall–Kier alpha value is -2.94. The summed E-state index contributed by atoms with van der Waals surface area (Å²) in [5.74, 6) is 1.42. The quantitative estimate of drug-likeness (QED) is 0.311. The molecule has 1 amide bonds. The molecule has 2 rings (SSSR count). The minimum absolute atomic E-state index is 0.0545. The number of methoxy groups -OCH3 is 4. The molecule has 0 unspecified atom stereocenters. The van der Waals surface area contributed by atoms with E-state index in [-0.39, 0.29) is 25.3 Å². The lowest BCUT2D eigenvalue weighted by Crippen LogP contribution is -2.17. The molecule has 5 N–H and O–H groups in total. The summed E-state index contributed by atoms with van der Waals surface area (Å²) in [6.07, 6.45) is -0.0545. The van der Waals surface area contributed by atoms with Gasteiger partial charge in [-0.15, -0.1) is 0 Å². The Balaban J connectivity index is 0.000000361. The third-order valence-corrected chi connectivity index (χ3v) is 5.37. The average molecular weight is 484 g/mol. The molecule has 33 heavy (non-hydrogen) atoms. The highest BCUT2D eigenvalue weighted by Gasteiger charge is 2.19. The summed E-state index contributed by atoms with van der Waals surface area (Å²) in [5.41, 5.74) is 7.83. The highest BCUT2D eigenvalue weighted by atomic mass is 31.2. The van der Waals surface area contributed by atoms with Crippen LogP contribution < -0.4 is 30.0 Å². The topological polar surface area (TPSA) is 150 Å². The van der Waals surface area contributed by atoms with Crippen LogP contribution in [0.3, 0.4) is 0 Å². The van der Waals surface area contributed by atoms with Crippen molar-refractivity contribution >= 4 is 24.4 Å². The number of ether oxygens (including phenoxy) is 4. The van der Waals surface area contributed by atoms with E-state index in [2.05, 4.69) is 5.32 Å². The number of anilines is 2. The fourth-order valence-corrected chi connectivity index (χ4v) is 3.56. The van der Waals surface area contributed by atoms with Crippen molar-refractivity contribution in [2.45, 2.75) is 13.2 Å². The van der Waals surface area contributed by atoms with Crippen LogP contribution in [0.4, 0.5) is 11.4 Å². The molecule has 0 bridgehead atoms. The lowest BCUT2D eigenvalue weighted by Gasteiger charge is -2.16. The Morgan fingerprint density at radius 2 is 1.21 bits per heavy atom. The molecule has 11 heteroatoms. The number of amides is 1. The van der Waals surface area contributed by atoms with Crippen molar-refractivity contribution in [1.29, 1.82) is 0 Å². The summed E-state index contributed by atoms with van der Waals surface area (Å²) in [7, 11) is 3.49. The summed E-state index contributed by atoms with van der Waals surface area (Å²) in [6.45, 7) is 2.87. The first kappa shape index (κ1) is 28.1.